The molecule has 3 rings (SSSR count). The fraction of sp³-hybridized carbons (Fsp3) is 0.571. The van der Waals surface area contributed by atoms with Crippen LogP contribution in [0.25, 0.3) is 0 Å². The van der Waals surface area contributed by atoms with Gasteiger partial charge < -0.3 is 4.90 Å². The van der Waals surface area contributed by atoms with Crippen molar-refractivity contribution < 1.29 is 13.2 Å². The Hall–Kier alpha value is -1.66. The Morgan fingerprint density at radius 1 is 1.15 bits per heavy atom. The molecule has 0 aromatic heterocycles. The quantitative estimate of drug-likeness (QED) is 0.739. The predicted octanol–water partition coefficient (Wildman–Crippen LogP) is 2.12. The first kappa shape index (κ1) is 20.1. The summed E-state index contributed by atoms with van der Waals surface area (Å²) in [6.45, 7) is 10.2. The van der Waals surface area contributed by atoms with Crippen molar-refractivity contribution in [3.05, 3.63) is 46.5 Å². The molecular weight excluding hydrogens is 360 g/mol. The Labute approximate surface area is 163 Å². The van der Waals surface area contributed by atoms with Gasteiger partial charge in [-0.15, -0.1) is 0 Å². The summed E-state index contributed by atoms with van der Waals surface area (Å²) >= 11 is 0. The van der Waals surface area contributed by atoms with Gasteiger partial charge in [0.1, 0.15) is 0 Å². The average molecular weight is 391 g/mol. The molecule has 0 radical (unpaired) electrons. The molecule has 0 N–H and O–H groups in total. The van der Waals surface area contributed by atoms with Crippen molar-refractivity contribution in [2.75, 3.05) is 31.1 Å². The number of hydrogen-bond donors (Lipinski definition) is 0. The van der Waals surface area contributed by atoms with Gasteiger partial charge in [0.2, 0.25) is 5.91 Å². The first-order valence-corrected chi connectivity index (χ1v) is 11.4. The first-order valence-electron chi connectivity index (χ1n) is 9.60. The summed E-state index contributed by atoms with van der Waals surface area (Å²) in [5.74, 6) is 0.279. The van der Waals surface area contributed by atoms with E-state index in [2.05, 4.69) is 17.0 Å². The Kier molecular flexibility index (Phi) is 5.77. The highest BCUT2D eigenvalue weighted by Crippen LogP contribution is 2.28. The van der Waals surface area contributed by atoms with Gasteiger partial charge in [-0.25, -0.2) is 8.42 Å². The zero-order valence-corrected chi connectivity index (χ0v) is 17.6. The van der Waals surface area contributed by atoms with E-state index in [4.69, 9.17) is 0 Å². The second-order valence-corrected chi connectivity index (χ2v) is 10.3. The molecule has 5 nitrogen and oxygen atoms in total. The molecule has 2 fully saturated rings. The smallest absolute Gasteiger partial charge is 0.227 e. The molecule has 0 aliphatic carbocycles. The van der Waals surface area contributed by atoms with Gasteiger partial charge in [0.05, 0.1) is 24.0 Å². The minimum absolute atomic E-state index is 0.0395. The summed E-state index contributed by atoms with van der Waals surface area (Å²) in [7, 11) is -3.11. The zero-order valence-electron chi connectivity index (χ0n) is 16.7. The lowest BCUT2D eigenvalue weighted by Crippen LogP contribution is -2.60. The minimum atomic E-state index is -3.11. The molecular formula is C21H30N2O3S. The SMILES string of the molecule is CC(C)=CCN1CCN(C(=O)Cc2cc(C)ccc2C)[C@H]2CS(=O)(=O)C[C@H]21. The van der Waals surface area contributed by atoms with E-state index in [0.29, 0.717) is 13.0 Å². The molecule has 2 saturated heterocycles. The number of rotatable bonds is 4. The van der Waals surface area contributed by atoms with Crippen LogP contribution < -0.4 is 0 Å². The molecule has 2 aliphatic rings. The Morgan fingerprint density at radius 2 is 1.85 bits per heavy atom. The van der Waals surface area contributed by atoms with E-state index in [0.717, 1.165) is 29.8 Å². The monoisotopic (exact) mass is 390 g/mol. The lowest BCUT2D eigenvalue weighted by molar-refractivity contribution is -0.136. The molecule has 0 bridgehead atoms. The van der Waals surface area contributed by atoms with Gasteiger partial charge in [0.15, 0.2) is 9.84 Å². The van der Waals surface area contributed by atoms with E-state index in [9.17, 15) is 13.2 Å². The van der Waals surface area contributed by atoms with Gasteiger partial charge in [0.25, 0.3) is 0 Å². The number of piperazine rings is 1. The van der Waals surface area contributed by atoms with Crippen LogP contribution in [0.5, 0.6) is 0 Å². The van der Waals surface area contributed by atoms with Crippen LogP contribution in [-0.4, -0.2) is 67.3 Å². The summed E-state index contributed by atoms with van der Waals surface area (Å²) in [4.78, 5) is 17.1. The van der Waals surface area contributed by atoms with Gasteiger partial charge >= 0.3 is 0 Å². The van der Waals surface area contributed by atoms with Gasteiger partial charge in [-0.2, -0.15) is 0 Å². The third-order valence-corrected chi connectivity index (χ3v) is 7.39. The van der Waals surface area contributed by atoms with E-state index in [1.54, 1.807) is 0 Å². The zero-order chi connectivity index (χ0) is 19.8. The number of aryl methyl sites for hydroxylation is 2. The van der Waals surface area contributed by atoms with Crippen LogP contribution >= 0.6 is 0 Å². The number of nitrogens with zero attached hydrogens (tertiary/aromatic N) is 2. The van der Waals surface area contributed by atoms with E-state index in [1.807, 2.05) is 44.7 Å². The maximum Gasteiger partial charge on any atom is 0.227 e. The number of amides is 1. The fourth-order valence-corrected chi connectivity index (χ4v) is 6.13. The van der Waals surface area contributed by atoms with Gasteiger partial charge in [-0.1, -0.05) is 35.4 Å². The van der Waals surface area contributed by atoms with Crippen LogP contribution in [0.1, 0.15) is 30.5 Å². The van der Waals surface area contributed by atoms with Crippen LogP contribution in [0, 0.1) is 13.8 Å². The van der Waals surface area contributed by atoms with Crippen molar-refractivity contribution in [3.63, 3.8) is 0 Å². The molecule has 0 unspecified atom stereocenters. The van der Waals surface area contributed by atoms with Crippen molar-refractivity contribution in [3.8, 4) is 0 Å². The molecule has 148 valence electrons. The van der Waals surface area contributed by atoms with Crippen LogP contribution in [0.4, 0.5) is 0 Å². The van der Waals surface area contributed by atoms with E-state index in [-0.39, 0.29) is 29.5 Å². The van der Waals surface area contributed by atoms with Crippen molar-refractivity contribution in [2.45, 2.75) is 46.2 Å². The highest BCUT2D eigenvalue weighted by Gasteiger charge is 2.47. The summed E-state index contributed by atoms with van der Waals surface area (Å²) in [6.07, 6.45) is 2.47. The number of sulfone groups is 1. The second-order valence-electron chi connectivity index (χ2n) is 8.18. The molecule has 0 spiro atoms. The third kappa shape index (κ3) is 4.61. The largest absolute Gasteiger partial charge is 0.336 e. The Morgan fingerprint density at radius 3 is 2.56 bits per heavy atom. The molecule has 6 heteroatoms. The van der Waals surface area contributed by atoms with Crippen molar-refractivity contribution in [1.82, 2.24) is 9.80 Å². The molecule has 2 atom stereocenters. The first-order chi connectivity index (χ1) is 12.7. The molecule has 1 aromatic rings. The maximum absolute atomic E-state index is 13.1. The highest BCUT2D eigenvalue weighted by atomic mass is 32.2. The van der Waals surface area contributed by atoms with Crippen molar-refractivity contribution >= 4 is 15.7 Å². The average Bonchev–Trinajstić information content (AvgIpc) is 2.90. The number of hydrogen-bond acceptors (Lipinski definition) is 4. The molecule has 1 aromatic carbocycles. The normalized spacial score (nSPS) is 24.5. The van der Waals surface area contributed by atoms with Gasteiger partial charge in [-0.3, -0.25) is 9.69 Å². The number of allylic oxidation sites excluding steroid dienone is 1. The summed E-state index contributed by atoms with van der Waals surface area (Å²) in [5.41, 5.74) is 4.49. The standard InChI is InChI=1S/C21H30N2O3S/c1-15(2)7-8-22-9-10-23(20-14-27(25,26)13-19(20)22)21(24)12-18-11-16(3)5-6-17(18)4/h5-7,11,19-20H,8-10,12-14H2,1-4H3/t19-,20+/m1/s1. The van der Waals surface area contributed by atoms with Crippen LogP contribution in [0.2, 0.25) is 0 Å². The fourth-order valence-electron chi connectivity index (χ4n) is 4.12. The number of carbonyl (C=O) groups excluding carboxylic acids is 1. The third-order valence-electron chi connectivity index (χ3n) is 5.69. The van der Waals surface area contributed by atoms with E-state index in [1.165, 1.54) is 5.57 Å². The van der Waals surface area contributed by atoms with Crippen LogP contribution in [-0.2, 0) is 21.1 Å². The van der Waals surface area contributed by atoms with Crippen molar-refractivity contribution in [1.29, 1.82) is 0 Å². The lowest BCUT2D eigenvalue weighted by atomic mass is 10.00. The molecule has 1 amide bonds. The van der Waals surface area contributed by atoms with Gasteiger partial charge in [-0.05, 0) is 38.8 Å². The second kappa shape index (κ2) is 7.76. The molecule has 2 aliphatic heterocycles. The molecule has 0 saturated carbocycles. The van der Waals surface area contributed by atoms with E-state index >= 15 is 0 Å². The van der Waals surface area contributed by atoms with E-state index < -0.39 is 9.84 Å². The summed E-state index contributed by atoms with van der Waals surface area (Å²) < 4.78 is 24.7. The number of fused-ring (bicyclic) bond motifs is 1. The summed E-state index contributed by atoms with van der Waals surface area (Å²) in [6, 6.07) is 5.82. The number of carbonyl (C=O) groups is 1. The predicted molar refractivity (Wildman–Crippen MR) is 109 cm³/mol. The van der Waals surface area contributed by atoms with Gasteiger partial charge in [0, 0.05) is 25.7 Å². The highest BCUT2D eigenvalue weighted by molar-refractivity contribution is 7.91. The number of benzene rings is 1. The van der Waals surface area contributed by atoms with Crippen LogP contribution in [0.15, 0.2) is 29.8 Å². The molecule has 27 heavy (non-hydrogen) atoms. The summed E-state index contributed by atoms with van der Waals surface area (Å²) in [5, 5.41) is 0. The lowest BCUT2D eigenvalue weighted by Gasteiger charge is -2.43. The Bertz CT molecular complexity index is 856. The van der Waals surface area contributed by atoms with Crippen molar-refractivity contribution in [2.24, 2.45) is 0 Å². The molecule has 2 heterocycles. The van der Waals surface area contributed by atoms with Crippen LogP contribution in [0.3, 0.4) is 0 Å². The minimum Gasteiger partial charge on any atom is -0.336 e. The Balaban J connectivity index is 1.79. The topological polar surface area (TPSA) is 57.7 Å². The maximum atomic E-state index is 13.1.